The summed E-state index contributed by atoms with van der Waals surface area (Å²) in [6.07, 6.45) is 1.20. The normalized spacial score (nSPS) is 13.0. The first-order valence-corrected chi connectivity index (χ1v) is 7.56. The zero-order chi connectivity index (χ0) is 12.8. The van der Waals surface area contributed by atoms with E-state index in [9.17, 15) is 0 Å². The Balaban J connectivity index is 1.82. The molecule has 1 heterocycles. The van der Waals surface area contributed by atoms with E-state index < -0.39 is 0 Å². The summed E-state index contributed by atoms with van der Waals surface area (Å²) in [5.74, 6) is 1.76. The van der Waals surface area contributed by atoms with Gasteiger partial charge in [-0.25, -0.2) is 4.98 Å². The SMILES string of the molecule is CCCNCC(C)CSc1nc2ccccc2[nH]1. The van der Waals surface area contributed by atoms with Crippen LogP contribution in [0.25, 0.3) is 11.0 Å². The summed E-state index contributed by atoms with van der Waals surface area (Å²) < 4.78 is 0. The maximum absolute atomic E-state index is 4.57. The molecule has 2 rings (SSSR count). The number of benzene rings is 1. The standard InChI is InChI=1S/C14H21N3S/c1-3-8-15-9-11(2)10-18-14-16-12-6-4-5-7-13(12)17-14/h4-7,11,15H,3,8-10H2,1-2H3,(H,16,17). The highest BCUT2D eigenvalue weighted by atomic mass is 32.2. The van der Waals surface area contributed by atoms with Gasteiger partial charge in [-0.05, 0) is 37.6 Å². The molecular weight excluding hydrogens is 242 g/mol. The van der Waals surface area contributed by atoms with Gasteiger partial charge in [0, 0.05) is 5.75 Å². The second kappa shape index (κ2) is 6.81. The number of para-hydroxylation sites is 2. The molecule has 1 unspecified atom stereocenters. The fourth-order valence-corrected chi connectivity index (χ4v) is 2.71. The van der Waals surface area contributed by atoms with E-state index in [1.165, 1.54) is 6.42 Å². The second-order valence-corrected chi connectivity index (χ2v) is 5.69. The summed E-state index contributed by atoms with van der Waals surface area (Å²) in [7, 11) is 0. The predicted molar refractivity (Wildman–Crippen MR) is 79.1 cm³/mol. The average molecular weight is 263 g/mol. The number of H-pyrrole nitrogens is 1. The molecule has 0 saturated heterocycles. The van der Waals surface area contributed by atoms with E-state index >= 15 is 0 Å². The molecule has 1 aromatic heterocycles. The van der Waals surface area contributed by atoms with Gasteiger partial charge >= 0.3 is 0 Å². The highest BCUT2D eigenvalue weighted by Crippen LogP contribution is 2.20. The van der Waals surface area contributed by atoms with Gasteiger partial charge in [0.2, 0.25) is 0 Å². The van der Waals surface area contributed by atoms with Gasteiger partial charge in [-0.1, -0.05) is 37.7 Å². The van der Waals surface area contributed by atoms with Crippen LogP contribution in [0.1, 0.15) is 20.3 Å². The number of aromatic nitrogens is 2. The van der Waals surface area contributed by atoms with Crippen LogP contribution in [0.2, 0.25) is 0 Å². The third-order valence-electron chi connectivity index (χ3n) is 2.79. The maximum atomic E-state index is 4.57. The molecule has 18 heavy (non-hydrogen) atoms. The van der Waals surface area contributed by atoms with Crippen LogP contribution in [-0.4, -0.2) is 28.8 Å². The van der Waals surface area contributed by atoms with Gasteiger partial charge < -0.3 is 10.3 Å². The number of hydrogen-bond acceptors (Lipinski definition) is 3. The average Bonchev–Trinajstić information content (AvgIpc) is 2.79. The van der Waals surface area contributed by atoms with Crippen molar-refractivity contribution in [3.05, 3.63) is 24.3 Å². The Morgan fingerprint density at radius 3 is 3.00 bits per heavy atom. The Kier molecular flexibility index (Phi) is 5.08. The van der Waals surface area contributed by atoms with Crippen molar-refractivity contribution in [1.82, 2.24) is 15.3 Å². The second-order valence-electron chi connectivity index (χ2n) is 4.68. The minimum absolute atomic E-state index is 0.662. The van der Waals surface area contributed by atoms with Gasteiger partial charge in [-0.15, -0.1) is 0 Å². The van der Waals surface area contributed by atoms with Crippen LogP contribution in [0.4, 0.5) is 0 Å². The quantitative estimate of drug-likeness (QED) is 0.595. The summed E-state index contributed by atoms with van der Waals surface area (Å²) in [6.45, 7) is 6.67. The number of aromatic amines is 1. The smallest absolute Gasteiger partial charge is 0.166 e. The van der Waals surface area contributed by atoms with Crippen molar-refractivity contribution in [2.24, 2.45) is 5.92 Å². The van der Waals surface area contributed by atoms with Crippen LogP contribution in [0, 0.1) is 5.92 Å². The van der Waals surface area contributed by atoms with Crippen molar-refractivity contribution < 1.29 is 0 Å². The lowest BCUT2D eigenvalue weighted by Gasteiger charge is -2.10. The van der Waals surface area contributed by atoms with Gasteiger partial charge in [0.25, 0.3) is 0 Å². The first-order valence-electron chi connectivity index (χ1n) is 6.58. The first-order chi connectivity index (χ1) is 8.79. The van der Waals surface area contributed by atoms with Gasteiger partial charge in [-0.2, -0.15) is 0 Å². The lowest BCUT2D eigenvalue weighted by Crippen LogP contribution is -2.23. The fraction of sp³-hybridized carbons (Fsp3) is 0.500. The van der Waals surface area contributed by atoms with Crippen LogP contribution in [0.3, 0.4) is 0 Å². The molecule has 2 aromatic rings. The molecule has 0 radical (unpaired) electrons. The van der Waals surface area contributed by atoms with E-state index in [0.29, 0.717) is 5.92 Å². The van der Waals surface area contributed by atoms with Crippen molar-refractivity contribution in [2.75, 3.05) is 18.8 Å². The minimum atomic E-state index is 0.662. The van der Waals surface area contributed by atoms with Crippen molar-refractivity contribution in [2.45, 2.75) is 25.4 Å². The minimum Gasteiger partial charge on any atom is -0.333 e. The Bertz CT molecular complexity index is 448. The van der Waals surface area contributed by atoms with E-state index in [-0.39, 0.29) is 0 Å². The van der Waals surface area contributed by atoms with Crippen LogP contribution in [-0.2, 0) is 0 Å². The molecular formula is C14H21N3S. The Morgan fingerprint density at radius 2 is 2.22 bits per heavy atom. The van der Waals surface area contributed by atoms with Gasteiger partial charge in [-0.3, -0.25) is 0 Å². The van der Waals surface area contributed by atoms with Gasteiger partial charge in [0.05, 0.1) is 11.0 Å². The van der Waals surface area contributed by atoms with Gasteiger partial charge in [0.1, 0.15) is 0 Å². The molecule has 0 aliphatic rings. The number of thioether (sulfide) groups is 1. The molecule has 0 spiro atoms. The zero-order valence-corrected chi connectivity index (χ0v) is 11.9. The van der Waals surface area contributed by atoms with Crippen LogP contribution in [0.15, 0.2) is 29.4 Å². The van der Waals surface area contributed by atoms with Crippen molar-refractivity contribution in [3.8, 4) is 0 Å². The summed E-state index contributed by atoms with van der Waals surface area (Å²) in [5, 5.41) is 4.48. The van der Waals surface area contributed by atoms with Crippen molar-refractivity contribution >= 4 is 22.8 Å². The van der Waals surface area contributed by atoms with Crippen LogP contribution >= 0.6 is 11.8 Å². The monoisotopic (exact) mass is 263 g/mol. The summed E-state index contributed by atoms with van der Waals surface area (Å²) in [4.78, 5) is 7.92. The Labute approximate surface area is 113 Å². The largest absolute Gasteiger partial charge is 0.333 e. The molecule has 0 amide bonds. The van der Waals surface area contributed by atoms with E-state index in [4.69, 9.17) is 0 Å². The molecule has 4 heteroatoms. The molecule has 98 valence electrons. The topological polar surface area (TPSA) is 40.7 Å². The molecule has 0 aliphatic carbocycles. The number of nitrogens with one attached hydrogen (secondary N) is 2. The first kappa shape index (κ1) is 13.4. The zero-order valence-electron chi connectivity index (χ0n) is 11.1. The van der Waals surface area contributed by atoms with Crippen LogP contribution < -0.4 is 5.32 Å². The molecule has 0 fully saturated rings. The predicted octanol–water partition coefficient (Wildman–Crippen LogP) is 3.29. The molecule has 0 saturated carbocycles. The molecule has 0 aliphatic heterocycles. The van der Waals surface area contributed by atoms with E-state index in [2.05, 4.69) is 35.2 Å². The van der Waals surface area contributed by atoms with E-state index in [1.807, 2.05) is 18.2 Å². The number of nitrogens with zero attached hydrogens (tertiary/aromatic N) is 1. The number of hydrogen-bond donors (Lipinski definition) is 2. The maximum Gasteiger partial charge on any atom is 0.166 e. The van der Waals surface area contributed by atoms with E-state index in [0.717, 1.165) is 35.0 Å². The summed E-state index contributed by atoms with van der Waals surface area (Å²) in [6, 6.07) is 8.17. The third kappa shape index (κ3) is 3.75. The van der Waals surface area contributed by atoms with E-state index in [1.54, 1.807) is 11.8 Å². The molecule has 3 nitrogen and oxygen atoms in total. The van der Waals surface area contributed by atoms with Crippen LogP contribution in [0.5, 0.6) is 0 Å². The number of fused-ring (bicyclic) bond motifs is 1. The summed E-state index contributed by atoms with van der Waals surface area (Å²) in [5.41, 5.74) is 2.17. The Hall–Kier alpha value is -1.00. The summed E-state index contributed by atoms with van der Waals surface area (Å²) >= 11 is 1.81. The highest BCUT2D eigenvalue weighted by Gasteiger charge is 2.06. The third-order valence-corrected chi connectivity index (χ3v) is 3.99. The molecule has 2 N–H and O–H groups in total. The molecule has 1 aromatic carbocycles. The fourth-order valence-electron chi connectivity index (χ4n) is 1.80. The lowest BCUT2D eigenvalue weighted by atomic mass is 10.2. The highest BCUT2D eigenvalue weighted by molar-refractivity contribution is 7.99. The number of rotatable bonds is 7. The van der Waals surface area contributed by atoms with Crippen molar-refractivity contribution in [3.63, 3.8) is 0 Å². The lowest BCUT2D eigenvalue weighted by molar-refractivity contribution is 0.557. The number of imidazole rings is 1. The van der Waals surface area contributed by atoms with Gasteiger partial charge in [0.15, 0.2) is 5.16 Å². The Morgan fingerprint density at radius 1 is 1.39 bits per heavy atom. The molecule has 0 bridgehead atoms. The van der Waals surface area contributed by atoms with Crippen molar-refractivity contribution in [1.29, 1.82) is 0 Å². The molecule has 1 atom stereocenters.